The zero-order valence-corrected chi connectivity index (χ0v) is 15.5. The Morgan fingerprint density at radius 3 is 2.32 bits per heavy atom. The summed E-state index contributed by atoms with van der Waals surface area (Å²) in [6.07, 6.45) is 1.78. The first kappa shape index (κ1) is 16.2. The molecule has 0 bridgehead atoms. The molecule has 1 aliphatic heterocycles. The molecule has 0 unspecified atom stereocenters. The average Bonchev–Trinajstić information content (AvgIpc) is 3.12. The molecular formula is C18H22N6S. The van der Waals surface area contributed by atoms with Crippen LogP contribution in [0.4, 0.5) is 11.1 Å². The van der Waals surface area contributed by atoms with Gasteiger partial charge in [-0.1, -0.05) is 37.3 Å². The second-order valence-electron chi connectivity index (χ2n) is 6.15. The van der Waals surface area contributed by atoms with Crippen LogP contribution in [0.25, 0.3) is 10.2 Å². The second-order valence-corrected chi connectivity index (χ2v) is 7.16. The van der Waals surface area contributed by atoms with Crippen molar-refractivity contribution in [3.05, 3.63) is 35.7 Å². The van der Waals surface area contributed by atoms with Crippen molar-refractivity contribution >= 4 is 32.6 Å². The van der Waals surface area contributed by atoms with E-state index in [1.165, 1.54) is 4.70 Å². The number of thiazole rings is 1. The van der Waals surface area contributed by atoms with Crippen LogP contribution in [0.2, 0.25) is 0 Å². The van der Waals surface area contributed by atoms with Gasteiger partial charge in [-0.25, -0.2) is 9.97 Å². The summed E-state index contributed by atoms with van der Waals surface area (Å²) in [4.78, 5) is 14.1. The molecule has 25 heavy (non-hydrogen) atoms. The van der Waals surface area contributed by atoms with Crippen LogP contribution in [0.5, 0.6) is 0 Å². The Morgan fingerprint density at radius 2 is 1.60 bits per heavy atom. The molecule has 3 heterocycles. The van der Waals surface area contributed by atoms with Crippen LogP contribution < -0.4 is 9.80 Å². The highest BCUT2D eigenvalue weighted by Gasteiger charge is 2.22. The standard InChI is InChI=1S/C18H22N6S/c1-3-13-14(4-2)21-22-17(19-13)23-9-11-24(12-10-23)18-20-15-7-5-6-8-16(15)25-18/h5-8H,3-4,9-12H2,1-2H3. The van der Waals surface area contributed by atoms with Crippen LogP contribution in [-0.2, 0) is 12.8 Å². The van der Waals surface area contributed by atoms with Crippen molar-refractivity contribution in [3.8, 4) is 0 Å². The number of nitrogens with zero attached hydrogens (tertiary/aromatic N) is 6. The summed E-state index contributed by atoms with van der Waals surface area (Å²) in [5.74, 6) is 0.762. The summed E-state index contributed by atoms with van der Waals surface area (Å²) >= 11 is 1.76. The maximum absolute atomic E-state index is 4.77. The molecule has 7 heteroatoms. The van der Waals surface area contributed by atoms with Gasteiger partial charge in [0.25, 0.3) is 0 Å². The number of fused-ring (bicyclic) bond motifs is 1. The van der Waals surface area contributed by atoms with E-state index in [4.69, 9.17) is 9.97 Å². The largest absolute Gasteiger partial charge is 0.345 e. The summed E-state index contributed by atoms with van der Waals surface area (Å²) in [5.41, 5.74) is 3.17. The Kier molecular flexibility index (Phi) is 4.48. The van der Waals surface area contributed by atoms with Crippen molar-refractivity contribution < 1.29 is 0 Å². The number of para-hydroxylation sites is 1. The lowest BCUT2D eigenvalue weighted by molar-refractivity contribution is 0.628. The SMILES string of the molecule is CCc1nnc(N2CCN(c3nc4ccccc4s3)CC2)nc1CC. The van der Waals surface area contributed by atoms with Gasteiger partial charge in [0.2, 0.25) is 5.95 Å². The summed E-state index contributed by atoms with van der Waals surface area (Å²) in [7, 11) is 0. The minimum atomic E-state index is 0.762. The minimum absolute atomic E-state index is 0.762. The number of hydrogen-bond donors (Lipinski definition) is 0. The van der Waals surface area contributed by atoms with E-state index >= 15 is 0 Å². The molecule has 1 saturated heterocycles. The molecule has 0 amide bonds. The number of aromatic nitrogens is 4. The first-order chi connectivity index (χ1) is 12.3. The van der Waals surface area contributed by atoms with Gasteiger partial charge in [0.15, 0.2) is 5.13 Å². The van der Waals surface area contributed by atoms with Crippen LogP contribution >= 0.6 is 11.3 Å². The highest BCUT2D eigenvalue weighted by atomic mass is 32.1. The molecule has 0 saturated carbocycles. The van der Waals surface area contributed by atoms with Gasteiger partial charge in [0.05, 0.1) is 21.6 Å². The Bertz CT molecular complexity index is 836. The molecule has 2 aromatic heterocycles. The van der Waals surface area contributed by atoms with E-state index in [1.807, 2.05) is 6.07 Å². The molecule has 0 aliphatic carbocycles. The molecule has 0 spiro atoms. The molecule has 1 fully saturated rings. The fraction of sp³-hybridized carbons (Fsp3) is 0.444. The normalized spacial score (nSPS) is 15.1. The first-order valence-corrected chi connectivity index (χ1v) is 9.68. The fourth-order valence-corrected chi connectivity index (χ4v) is 4.17. The van der Waals surface area contributed by atoms with Crippen LogP contribution in [0.1, 0.15) is 25.2 Å². The molecule has 130 valence electrons. The third kappa shape index (κ3) is 3.16. The minimum Gasteiger partial charge on any atom is -0.345 e. The number of piperazine rings is 1. The topological polar surface area (TPSA) is 58.0 Å². The maximum atomic E-state index is 4.77. The van der Waals surface area contributed by atoms with E-state index in [-0.39, 0.29) is 0 Å². The lowest BCUT2D eigenvalue weighted by Crippen LogP contribution is -2.47. The zero-order chi connectivity index (χ0) is 17.2. The predicted octanol–water partition coefficient (Wildman–Crippen LogP) is 2.93. The lowest BCUT2D eigenvalue weighted by Gasteiger charge is -2.34. The molecule has 0 radical (unpaired) electrons. The van der Waals surface area contributed by atoms with Gasteiger partial charge in [-0.3, -0.25) is 0 Å². The zero-order valence-electron chi connectivity index (χ0n) is 14.6. The van der Waals surface area contributed by atoms with Crippen LogP contribution in [0.3, 0.4) is 0 Å². The van der Waals surface area contributed by atoms with Crippen molar-refractivity contribution in [2.45, 2.75) is 26.7 Å². The highest BCUT2D eigenvalue weighted by Crippen LogP contribution is 2.29. The number of anilines is 2. The Balaban J connectivity index is 1.47. The fourth-order valence-electron chi connectivity index (χ4n) is 3.16. The molecule has 1 aromatic carbocycles. The van der Waals surface area contributed by atoms with E-state index in [9.17, 15) is 0 Å². The molecule has 3 aromatic rings. The Labute approximate surface area is 151 Å². The molecule has 4 rings (SSSR count). The number of rotatable bonds is 4. The summed E-state index contributed by atoms with van der Waals surface area (Å²) < 4.78 is 1.25. The van der Waals surface area contributed by atoms with Gasteiger partial charge in [0, 0.05) is 26.2 Å². The molecule has 0 atom stereocenters. The van der Waals surface area contributed by atoms with Crippen molar-refractivity contribution in [3.63, 3.8) is 0 Å². The van der Waals surface area contributed by atoms with Gasteiger partial charge in [-0.05, 0) is 25.0 Å². The number of hydrogen-bond acceptors (Lipinski definition) is 7. The summed E-state index contributed by atoms with van der Waals surface area (Å²) in [6, 6.07) is 8.32. The summed E-state index contributed by atoms with van der Waals surface area (Å²) in [5, 5.41) is 9.83. The second kappa shape index (κ2) is 6.92. The maximum Gasteiger partial charge on any atom is 0.245 e. The Morgan fingerprint density at radius 1 is 0.880 bits per heavy atom. The van der Waals surface area contributed by atoms with E-state index in [0.717, 1.165) is 67.0 Å². The van der Waals surface area contributed by atoms with E-state index < -0.39 is 0 Å². The third-order valence-electron chi connectivity index (χ3n) is 4.61. The quantitative estimate of drug-likeness (QED) is 0.718. The average molecular weight is 354 g/mol. The van der Waals surface area contributed by atoms with Crippen LogP contribution in [0, 0.1) is 0 Å². The van der Waals surface area contributed by atoms with Gasteiger partial charge in [-0.15, -0.1) is 5.10 Å². The van der Waals surface area contributed by atoms with Crippen molar-refractivity contribution in [2.24, 2.45) is 0 Å². The molecular weight excluding hydrogens is 332 g/mol. The first-order valence-electron chi connectivity index (χ1n) is 8.86. The van der Waals surface area contributed by atoms with Crippen LogP contribution in [0.15, 0.2) is 24.3 Å². The smallest absolute Gasteiger partial charge is 0.245 e. The molecule has 6 nitrogen and oxygen atoms in total. The van der Waals surface area contributed by atoms with E-state index in [1.54, 1.807) is 11.3 Å². The third-order valence-corrected chi connectivity index (χ3v) is 5.71. The van der Waals surface area contributed by atoms with Crippen molar-refractivity contribution in [2.75, 3.05) is 36.0 Å². The predicted molar refractivity (Wildman–Crippen MR) is 103 cm³/mol. The lowest BCUT2D eigenvalue weighted by atomic mass is 10.2. The van der Waals surface area contributed by atoms with Gasteiger partial charge in [0.1, 0.15) is 0 Å². The van der Waals surface area contributed by atoms with Gasteiger partial charge in [-0.2, -0.15) is 5.10 Å². The molecule has 1 aliphatic rings. The van der Waals surface area contributed by atoms with Gasteiger partial charge >= 0.3 is 0 Å². The number of benzene rings is 1. The monoisotopic (exact) mass is 354 g/mol. The van der Waals surface area contributed by atoms with E-state index in [0.29, 0.717) is 0 Å². The van der Waals surface area contributed by atoms with Crippen molar-refractivity contribution in [1.29, 1.82) is 0 Å². The molecule has 0 N–H and O–H groups in total. The van der Waals surface area contributed by atoms with Crippen molar-refractivity contribution in [1.82, 2.24) is 20.2 Å². The van der Waals surface area contributed by atoms with Gasteiger partial charge < -0.3 is 9.80 Å². The number of aryl methyl sites for hydroxylation is 2. The Hall–Kier alpha value is -2.28. The van der Waals surface area contributed by atoms with E-state index in [2.05, 4.69) is 52.0 Å². The van der Waals surface area contributed by atoms with Crippen LogP contribution in [-0.4, -0.2) is 46.3 Å². The highest BCUT2D eigenvalue weighted by molar-refractivity contribution is 7.22. The summed E-state index contributed by atoms with van der Waals surface area (Å²) in [6.45, 7) is 7.87.